The topological polar surface area (TPSA) is 60.4 Å². The molecule has 2 rings (SSSR count). The van der Waals surface area contributed by atoms with Crippen LogP contribution in [0.3, 0.4) is 0 Å². The van der Waals surface area contributed by atoms with Gasteiger partial charge in [0.05, 0.1) is 31.7 Å². The van der Waals surface area contributed by atoms with Crippen LogP contribution < -0.4 is 5.11 Å². The quantitative estimate of drug-likeness (QED) is 0.364. The SMILES string of the molecule is CCCC[N+](CCCC)(CCCC)CCCC.O=C(O)c1cc2ccccc2cc1[O-]. The largest absolute Gasteiger partial charge is 0.872 e. The lowest BCUT2D eigenvalue weighted by molar-refractivity contribution is -0.929. The molecular formula is C27H43NO3. The zero-order valence-corrected chi connectivity index (χ0v) is 20.2. The minimum Gasteiger partial charge on any atom is -0.872 e. The molecule has 0 saturated carbocycles. The Morgan fingerprint density at radius 1 is 0.774 bits per heavy atom. The molecule has 0 aromatic heterocycles. The van der Waals surface area contributed by atoms with Gasteiger partial charge in [-0.15, -0.1) is 0 Å². The molecule has 0 aliphatic rings. The minimum atomic E-state index is -1.18. The molecule has 0 radical (unpaired) electrons. The van der Waals surface area contributed by atoms with E-state index in [1.807, 2.05) is 6.07 Å². The van der Waals surface area contributed by atoms with Crippen LogP contribution in [-0.4, -0.2) is 41.7 Å². The number of carboxylic acid groups (broad SMARTS) is 1. The molecule has 1 N–H and O–H groups in total. The molecule has 0 spiro atoms. The highest BCUT2D eigenvalue weighted by Crippen LogP contribution is 2.22. The molecule has 0 saturated heterocycles. The van der Waals surface area contributed by atoms with Crippen molar-refractivity contribution in [2.24, 2.45) is 0 Å². The summed E-state index contributed by atoms with van der Waals surface area (Å²) in [5.74, 6) is -1.63. The molecule has 0 amide bonds. The molecule has 0 fully saturated rings. The number of quaternary nitrogens is 1. The average molecular weight is 430 g/mol. The van der Waals surface area contributed by atoms with Gasteiger partial charge in [0.2, 0.25) is 0 Å². The second-order valence-electron chi connectivity index (χ2n) is 8.65. The monoisotopic (exact) mass is 429 g/mol. The van der Waals surface area contributed by atoms with Crippen LogP contribution in [-0.2, 0) is 0 Å². The van der Waals surface area contributed by atoms with Gasteiger partial charge in [-0.1, -0.05) is 89.5 Å². The van der Waals surface area contributed by atoms with Crippen molar-refractivity contribution >= 4 is 16.7 Å². The molecule has 0 atom stereocenters. The summed E-state index contributed by atoms with van der Waals surface area (Å²) in [6.45, 7) is 15.0. The van der Waals surface area contributed by atoms with Crippen LogP contribution in [0.15, 0.2) is 36.4 Å². The summed E-state index contributed by atoms with van der Waals surface area (Å²) in [4.78, 5) is 10.7. The first-order valence-corrected chi connectivity index (χ1v) is 12.2. The Bertz CT molecular complexity index is 735. The average Bonchev–Trinajstić information content (AvgIpc) is 2.78. The van der Waals surface area contributed by atoms with E-state index in [0.29, 0.717) is 0 Å². The highest BCUT2D eigenvalue weighted by Gasteiger charge is 2.24. The van der Waals surface area contributed by atoms with Crippen molar-refractivity contribution in [1.29, 1.82) is 0 Å². The Morgan fingerprint density at radius 3 is 1.52 bits per heavy atom. The van der Waals surface area contributed by atoms with Crippen molar-refractivity contribution < 1.29 is 19.5 Å². The van der Waals surface area contributed by atoms with Gasteiger partial charge in [0.25, 0.3) is 0 Å². The van der Waals surface area contributed by atoms with Crippen molar-refractivity contribution in [2.45, 2.75) is 79.1 Å². The van der Waals surface area contributed by atoms with E-state index >= 15 is 0 Å². The third kappa shape index (κ3) is 9.30. The van der Waals surface area contributed by atoms with Crippen LogP contribution in [0.5, 0.6) is 5.75 Å². The fourth-order valence-electron chi connectivity index (χ4n) is 4.03. The highest BCUT2D eigenvalue weighted by atomic mass is 16.4. The maximum atomic E-state index is 11.3. The Hall–Kier alpha value is -2.07. The van der Waals surface area contributed by atoms with Gasteiger partial charge in [0, 0.05) is 0 Å². The number of nitrogens with zero attached hydrogens (tertiary/aromatic N) is 1. The Morgan fingerprint density at radius 2 is 1.16 bits per heavy atom. The predicted octanol–water partition coefficient (Wildman–Crippen LogP) is 6.62. The van der Waals surface area contributed by atoms with Crippen LogP contribution in [0.1, 0.15) is 89.4 Å². The minimum absolute atomic E-state index is 0.177. The van der Waals surface area contributed by atoms with Crippen LogP contribution in [0.4, 0.5) is 0 Å². The van der Waals surface area contributed by atoms with Gasteiger partial charge in [-0.05, 0) is 42.5 Å². The summed E-state index contributed by atoms with van der Waals surface area (Å²) < 4.78 is 1.42. The van der Waals surface area contributed by atoms with Gasteiger partial charge in [-0.25, -0.2) is 4.79 Å². The first-order valence-electron chi connectivity index (χ1n) is 12.2. The fraction of sp³-hybridized carbons (Fsp3) is 0.593. The van der Waals surface area contributed by atoms with Crippen LogP contribution >= 0.6 is 0 Å². The molecular weight excluding hydrogens is 386 g/mol. The smallest absolute Gasteiger partial charge is 0.335 e. The summed E-state index contributed by atoms with van der Waals surface area (Å²) in [5, 5.41) is 21.6. The number of aromatic carboxylic acids is 1. The third-order valence-electron chi connectivity index (χ3n) is 6.02. The second kappa shape index (κ2) is 14.9. The van der Waals surface area contributed by atoms with Crippen molar-refractivity contribution in [2.75, 3.05) is 26.2 Å². The van der Waals surface area contributed by atoms with Crippen molar-refractivity contribution in [1.82, 2.24) is 0 Å². The first-order chi connectivity index (χ1) is 14.9. The Labute approximate surface area is 189 Å². The first kappa shape index (κ1) is 27.0. The zero-order valence-electron chi connectivity index (χ0n) is 20.2. The maximum Gasteiger partial charge on any atom is 0.335 e. The number of rotatable bonds is 13. The van der Waals surface area contributed by atoms with Crippen LogP contribution in [0, 0.1) is 0 Å². The van der Waals surface area contributed by atoms with Crippen LogP contribution in [0.25, 0.3) is 10.8 Å². The molecule has 174 valence electrons. The van der Waals surface area contributed by atoms with Gasteiger partial charge in [0.1, 0.15) is 0 Å². The van der Waals surface area contributed by atoms with E-state index in [1.165, 1.54) is 94.2 Å². The maximum absolute atomic E-state index is 11.3. The summed E-state index contributed by atoms with van der Waals surface area (Å²) in [7, 11) is 0. The lowest BCUT2D eigenvalue weighted by Gasteiger charge is -2.39. The molecule has 2 aromatic carbocycles. The van der Waals surface area contributed by atoms with E-state index in [9.17, 15) is 9.90 Å². The summed E-state index contributed by atoms with van der Waals surface area (Å²) in [5.41, 5.74) is -0.177. The van der Waals surface area contributed by atoms with E-state index in [4.69, 9.17) is 5.11 Å². The number of benzene rings is 2. The van der Waals surface area contributed by atoms with Gasteiger partial charge >= 0.3 is 5.97 Å². The van der Waals surface area contributed by atoms with Gasteiger partial charge < -0.3 is 14.7 Å². The summed E-state index contributed by atoms with van der Waals surface area (Å²) in [6, 6.07) is 9.92. The molecule has 4 nitrogen and oxygen atoms in total. The van der Waals surface area contributed by atoms with Gasteiger partial charge in [-0.3, -0.25) is 0 Å². The lowest BCUT2D eigenvalue weighted by atomic mass is 10.1. The normalized spacial score (nSPS) is 11.2. The number of carboxylic acids is 1. The number of fused-ring (bicyclic) bond motifs is 1. The van der Waals surface area contributed by atoms with E-state index in [0.717, 1.165) is 10.8 Å². The van der Waals surface area contributed by atoms with E-state index in [1.54, 1.807) is 18.2 Å². The fourth-order valence-corrected chi connectivity index (χ4v) is 4.03. The Kier molecular flexibility index (Phi) is 12.9. The summed E-state index contributed by atoms with van der Waals surface area (Å²) >= 11 is 0. The van der Waals surface area contributed by atoms with E-state index in [2.05, 4.69) is 27.7 Å². The lowest BCUT2D eigenvalue weighted by Crippen LogP contribution is -2.50. The molecule has 0 unspecified atom stereocenters. The molecule has 0 bridgehead atoms. The number of carbonyl (C=O) groups is 1. The number of hydrogen-bond donors (Lipinski definition) is 1. The second-order valence-corrected chi connectivity index (χ2v) is 8.65. The zero-order chi connectivity index (χ0) is 23.1. The molecule has 0 heterocycles. The van der Waals surface area contributed by atoms with E-state index < -0.39 is 11.7 Å². The molecule has 0 aliphatic heterocycles. The molecule has 4 heteroatoms. The van der Waals surface area contributed by atoms with Gasteiger partial charge in [-0.2, -0.15) is 0 Å². The molecule has 31 heavy (non-hydrogen) atoms. The standard InChI is InChI=1S/C16H36N.C11H8O3/c1-5-9-13-17(14-10-6-2,15-11-7-3)16-12-8-4;12-10-6-8-4-2-1-3-7(8)5-9(10)11(13)14/h5-16H2,1-4H3;1-6,12H,(H,13,14)/q+1;/p-1. The van der Waals surface area contributed by atoms with Crippen LogP contribution in [0.2, 0.25) is 0 Å². The summed E-state index contributed by atoms with van der Waals surface area (Å²) in [6.07, 6.45) is 11.1. The van der Waals surface area contributed by atoms with Crippen molar-refractivity contribution in [3.63, 3.8) is 0 Å². The third-order valence-corrected chi connectivity index (χ3v) is 6.02. The van der Waals surface area contributed by atoms with Gasteiger partial charge in [0.15, 0.2) is 0 Å². The van der Waals surface area contributed by atoms with Crippen molar-refractivity contribution in [3.05, 3.63) is 42.0 Å². The van der Waals surface area contributed by atoms with E-state index in [-0.39, 0.29) is 5.56 Å². The number of hydrogen-bond acceptors (Lipinski definition) is 2. The Balaban J connectivity index is 0.000000314. The van der Waals surface area contributed by atoms with Crippen molar-refractivity contribution in [3.8, 4) is 5.75 Å². The highest BCUT2D eigenvalue weighted by molar-refractivity contribution is 5.97. The predicted molar refractivity (Wildman–Crippen MR) is 130 cm³/mol. The molecule has 0 aliphatic carbocycles. The number of unbranched alkanes of at least 4 members (excludes halogenated alkanes) is 4. The molecule has 2 aromatic rings.